The van der Waals surface area contributed by atoms with Crippen LogP contribution in [0.3, 0.4) is 0 Å². The Morgan fingerprint density at radius 3 is 2.70 bits per heavy atom. The first-order valence-electron chi connectivity index (χ1n) is 3.57. The lowest BCUT2D eigenvalue weighted by atomic mass is 10.2. The maximum Gasteiger partial charge on any atom is 0.163 e. The fourth-order valence-corrected chi connectivity index (χ4v) is 1.06. The standard InChI is InChI=1S/C7H14O3/c1-7(2)9-4-3-6(5-8)10-7/h6,8H,3-5H2,1-2H3/t6-/m0/s1. The van der Waals surface area contributed by atoms with Gasteiger partial charge in [0.25, 0.3) is 0 Å². The van der Waals surface area contributed by atoms with Gasteiger partial charge in [-0.1, -0.05) is 0 Å². The van der Waals surface area contributed by atoms with Crippen molar-refractivity contribution in [1.29, 1.82) is 0 Å². The van der Waals surface area contributed by atoms with Gasteiger partial charge in [-0.2, -0.15) is 0 Å². The summed E-state index contributed by atoms with van der Waals surface area (Å²) >= 11 is 0. The predicted octanol–water partition coefficient (Wildman–Crippen LogP) is 0.520. The summed E-state index contributed by atoms with van der Waals surface area (Å²) in [5.74, 6) is -0.508. The van der Waals surface area contributed by atoms with Crippen molar-refractivity contribution in [2.24, 2.45) is 0 Å². The van der Waals surface area contributed by atoms with Gasteiger partial charge in [0.2, 0.25) is 0 Å². The average molecular weight is 146 g/mol. The van der Waals surface area contributed by atoms with Gasteiger partial charge in [0.1, 0.15) is 0 Å². The van der Waals surface area contributed by atoms with Crippen LogP contribution >= 0.6 is 0 Å². The zero-order valence-electron chi connectivity index (χ0n) is 6.46. The van der Waals surface area contributed by atoms with Gasteiger partial charge in [-0.3, -0.25) is 0 Å². The maximum atomic E-state index is 8.74. The Kier molecular flexibility index (Phi) is 2.28. The highest BCUT2D eigenvalue weighted by molar-refractivity contribution is 4.67. The molecular weight excluding hydrogens is 132 g/mol. The molecule has 0 aliphatic carbocycles. The number of hydrogen-bond acceptors (Lipinski definition) is 3. The molecule has 3 nitrogen and oxygen atoms in total. The van der Waals surface area contributed by atoms with Crippen molar-refractivity contribution in [3.05, 3.63) is 0 Å². The minimum Gasteiger partial charge on any atom is -0.394 e. The van der Waals surface area contributed by atoms with E-state index in [1.807, 2.05) is 13.8 Å². The highest BCUT2D eigenvalue weighted by Gasteiger charge is 2.28. The minimum absolute atomic E-state index is 0.0382. The number of ether oxygens (including phenoxy) is 2. The van der Waals surface area contributed by atoms with Gasteiger partial charge in [0.05, 0.1) is 19.3 Å². The first-order chi connectivity index (χ1) is 4.64. The van der Waals surface area contributed by atoms with E-state index in [2.05, 4.69) is 0 Å². The van der Waals surface area contributed by atoms with E-state index >= 15 is 0 Å². The van der Waals surface area contributed by atoms with Crippen LogP contribution in [0.2, 0.25) is 0 Å². The van der Waals surface area contributed by atoms with E-state index in [9.17, 15) is 0 Å². The Labute approximate surface area is 60.9 Å². The van der Waals surface area contributed by atoms with Crippen molar-refractivity contribution >= 4 is 0 Å². The minimum atomic E-state index is -0.508. The molecule has 1 aliphatic rings. The molecule has 60 valence electrons. The topological polar surface area (TPSA) is 38.7 Å². The third-order valence-corrected chi connectivity index (χ3v) is 1.54. The lowest BCUT2D eigenvalue weighted by molar-refractivity contribution is -0.277. The van der Waals surface area contributed by atoms with Crippen LogP contribution in [0.5, 0.6) is 0 Å². The van der Waals surface area contributed by atoms with Gasteiger partial charge >= 0.3 is 0 Å². The molecule has 1 saturated heterocycles. The summed E-state index contributed by atoms with van der Waals surface area (Å²) in [6.07, 6.45) is 0.753. The predicted molar refractivity (Wildman–Crippen MR) is 36.6 cm³/mol. The summed E-state index contributed by atoms with van der Waals surface area (Å²) in [5, 5.41) is 8.74. The molecule has 0 aromatic carbocycles. The Morgan fingerprint density at radius 2 is 2.30 bits per heavy atom. The fourth-order valence-electron chi connectivity index (χ4n) is 1.06. The van der Waals surface area contributed by atoms with Crippen molar-refractivity contribution in [3.63, 3.8) is 0 Å². The molecule has 0 amide bonds. The molecule has 1 aliphatic heterocycles. The van der Waals surface area contributed by atoms with Crippen molar-refractivity contribution < 1.29 is 14.6 Å². The summed E-state index contributed by atoms with van der Waals surface area (Å²) in [6.45, 7) is 4.48. The molecule has 1 fully saturated rings. The quantitative estimate of drug-likeness (QED) is 0.586. The van der Waals surface area contributed by atoms with Crippen LogP contribution in [0.15, 0.2) is 0 Å². The Balaban J connectivity index is 2.40. The van der Waals surface area contributed by atoms with Gasteiger partial charge < -0.3 is 14.6 Å². The third-order valence-electron chi connectivity index (χ3n) is 1.54. The molecule has 10 heavy (non-hydrogen) atoms. The number of rotatable bonds is 1. The molecule has 0 spiro atoms. The normalized spacial score (nSPS) is 32.1. The van der Waals surface area contributed by atoms with Crippen molar-refractivity contribution in [2.45, 2.75) is 32.2 Å². The summed E-state index contributed by atoms with van der Waals surface area (Å²) in [6, 6.07) is 0. The highest BCUT2D eigenvalue weighted by atomic mass is 16.7. The third kappa shape index (κ3) is 1.94. The lowest BCUT2D eigenvalue weighted by Crippen LogP contribution is -2.41. The number of aliphatic hydroxyl groups excluding tert-OH is 1. The summed E-state index contributed by atoms with van der Waals surface area (Å²) in [4.78, 5) is 0. The summed E-state index contributed by atoms with van der Waals surface area (Å²) in [5.41, 5.74) is 0. The van der Waals surface area contributed by atoms with Gasteiger partial charge in [-0.15, -0.1) is 0 Å². The van der Waals surface area contributed by atoms with Crippen molar-refractivity contribution in [3.8, 4) is 0 Å². The zero-order chi connectivity index (χ0) is 7.61. The molecule has 3 heteroatoms. The maximum absolute atomic E-state index is 8.74. The first-order valence-corrected chi connectivity index (χ1v) is 3.57. The van der Waals surface area contributed by atoms with Crippen molar-refractivity contribution in [2.75, 3.05) is 13.2 Å². The van der Waals surface area contributed by atoms with Crippen LogP contribution in [-0.2, 0) is 9.47 Å². The number of aliphatic hydroxyl groups is 1. The average Bonchev–Trinajstić information content (AvgIpc) is 1.86. The highest BCUT2D eigenvalue weighted by Crippen LogP contribution is 2.21. The van der Waals surface area contributed by atoms with E-state index in [0.29, 0.717) is 6.61 Å². The molecule has 0 bridgehead atoms. The first kappa shape index (κ1) is 7.98. The summed E-state index contributed by atoms with van der Waals surface area (Å²) in [7, 11) is 0. The van der Waals surface area contributed by atoms with E-state index < -0.39 is 5.79 Å². The largest absolute Gasteiger partial charge is 0.394 e. The van der Waals surface area contributed by atoms with E-state index in [1.54, 1.807) is 0 Å². The Morgan fingerprint density at radius 1 is 1.60 bits per heavy atom. The van der Waals surface area contributed by atoms with Crippen LogP contribution in [0, 0.1) is 0 Å². The van der Waals surface area contributed by atoms with E-state index in [0.717, 1.165) is 6.42 Å². The van der Waals surface area contributed by atoms with Gasteiger partial charge in [0, 0.05) is 0 Å². The zero-order valence-corrected chi connectivity index (χ0v) is 6.46. The summed E-state index contributed by atoms with van der Waals surface area (Å²) < 4.78 is 10.6. The molecular formula is C7H14O3. The van der Waals surface area contributed by atoms with Gasteiger partial charge in [0.15, 0.2) is 5.79 Å². The second-order valence-corrected chi connectivity index (χ2v) is 2.96. The molecule has 0 aromatic rings. The van der Waals surface area contributed by atoms with Crippen LogP contribution < -0.4 is 0 Å². The van der Waals surface area contributed by atoms with Crippen LogP contribution in [0.25, 0.3) is 0 Å². The van der Waals surface area contributed by atoms with E-state index in [1.165, 1.54) is 0 Å². The second-order valence-electron chi connectivity index (χ2n) is 2.96. The second kappa shape index (κ2) is 2.86. The number of hydrogen-bond donors (Lipinski definition) is 1. The molecule has 1 atom stereocenters. The fraction of sp³-hybridized carbons (Fsp3) is 1.00. The molecule has 0 radical (unpaired) electrons. The van der Waals surface area contributed by atoms with E-state index in [4.69, 9.17) is 14.6 Å². The Hall–Kier alpha value is -0.120. The van der Waals surface area contributed by atoms with Crippen molar-refractivity contribution in [1.82, 2.24) is 0 Å². The molecule has 1 rings (SSSR count). The smallest absolute Gasteiger partial charge is 0.163 e. The molecule has 0 unspecified atom stereocenters. The van der Waals surface area contributed by atoms with Gasteiger partial charge in [-0.25, -0.2) is 0 Å². The van der Waals surface area contributed by atoms with Gasteiger partial charge in [-0.05, 0) is 20.3 Å². The van der Waals surface area contributed by atoms with Crippen LogP contribution in [-0.4, -0.2) is 30.2 Å². The molecule has 1 N–H and O–H groups in total. The monoisotopic (exact) mass is 146 g/mol. The molecule has 0 aromatic heterocycles. The lowest BCUT2D eigenvalue weighted by Gasteiger charge is -2.35. The van der Waals surface area contributed by atoms with Crippen LogP contribution in [0.1, 0.15) is 20.3 Å². The van der Waals surface area contributed by atoms with Crippen LogP contribution in [0.4, 0.5) is 0 Å². The molecule has 0 saturated carbocycles. The SMILES string of the molecule is CC1(C)OCC[C@@H](CO)O1. The molecule has 1 heterocycles. The Bertz CT molecular complexity index is 111. The van der Waals surface area contributed by atoms with E-state index in [-0.39, 0.29) is 12.7 Å².